The summed E-state index contributed by atoms with van der Waals surface area (Å²) in [6, 6.07) is 107. The Morgan fingerprint density at radius 3 is 1.43 bits per heavy atom. The average molecular weight is 1100 g/mol. The van der Waals surface area contributed by atoms with Gasteiger partial charge in [-0.1, -0.05) is 237 Å². The molecule has 13 aromatic carbocycles. The van der Waals surface area contributed by atoms with Gasteiger partial charge in [-0.2, -0.15) is 0 Å². The molecule has 0 spiro atoms. The Kier molecular flexibility index (Phi) is 9.39. The molecule has 14 aromatic rings. The van der Waals surface area contributed by atoms with Gasteiger partial charge in [0.25, 0.3) is 13.4 Å². The molecule has 0 saturated heterocycles. The molecule has 4 aliphatic heterocycles. The quantitative estimate of drug-likeness (QED) is 0.161. The van der Waals surface area contributed by atoms with Gasteiger partial charge in [-0.15, -0.1) is 0 Å². The minimum Gasteiger partial charge on any atom is -0.458 e. The molecule has 402 valence electrons. The molecular weight excluding hydrogens is 1050 g/mol. The molecule has 0 fully saturated rings. The fraction of sp³-hybridized carbons (Fsp3) is 0.0370. The predicted molar refractivity (Wildman–Crippen MR) is 357 cm³/mol. The summed E-state index contributed by atoms with van der Waals surface area (Å²) in [6.45, 7) is 2.11. The summed E-state index contributed by atoms with van der Waals surface area (Å²) in [5.41, 5.74) is 29.7. The van der Waals surface area contributed by atoms with Crippen LogP contribution < -0.4 is 47.2 Å². The second-order valence-corrected chi connectivity index (χ2v) is 24.4. The SMILES string of the molecule is Cc1c(N2c3ccccc3B3c4cc5c(cc4Oc4cccc2c43)Oc2cccc3c2B5c2cccc4c5c6c(ccc5n-3c24)-c2ccccc2C6(c2ccccc2)c2ccccc2)ccc2c1C(c1ccccc1)(c1ccccc1)c1ccccc1-2. The fourth-order valence-electron chi connectivity index (χ4n) is 17.5. The van der Waals surface area contributed by atoms with Crippen LogP contribution in [0.15, 0.2) is 285 Å². The van der Waals surface area contributed by atoms with Crippen molar-refractivity contribution >= 4 is 85.1 Å². The van der Waals surface area contributed by atoms with E-state index < -0.39 is 10.8 Å². The highest BCUT2D eigenvalue weighted by Gasteiger charge is 2.52. The number of nitrogens with zero attached hydrogens (tertiary/aromatic N) is 2. The summed E-state index contributed by atoms with van der Waals surface area (Å²) in [5.74, 6) is 3.39. The largest absolute Gasteiger partial charge is 0.458 e. The Labute approximate surface area is 505 Å². The zero-order chi connectivity index (χ0) is 56.9. The van der Waals surface area contributed by atoms with E-state index in [4.69, 9.17) is 9.47 Å². The summed E-state index contributed by atoms with van der Waals surface area (Å²) < 4.78 is 17.1. The number of rotatable bonds is 5. The molecule has 87 heavy (non-hydrogen) atoms. The first-order chi connectivity index (χ1) is 43.1. The van der Waals surface area contributed by atoms with Crippen molar-refractivity contribution in [3.63, 3.8) is 0 Å². The van der Waals surface area contributed by atoms with E-state index in [1.807, 2.05) is 0 Å². The van der Waals surface area contributed by atoms with Gasteiger partial charge < -0.3 is 18.9 Å². The van der Waals surface area contributed by atoms with Crippen molar-refractivity contribution in [3.05, 3.63) is 335 Å². The highest BCUT2D eigenvalue weighted by molar-refractivity contribution is 7.02. The van der Waals surface area contributed by atoms with Gasteiger partial charge in [0.05, 0.1) is 16.3 Å². The molecule has 0 radical (unpaired) electrons. The molecule has 2 aliphatic carbocycles. The summed E-state index contributed by atoms with van der Waals surface area (Å²) in [4.78, 5) is 2.53. The van der Waals surface area contributed by atoms with Crippen molar-refractivity contribution in [2.75, 3.05) is 4.90 Å². The van der Waals surface area contributed by atoms with Crippen molar-refractivity contribution in [1.29, 1.82) is 0 Å². The van der Waals surface area contributed by atoms with Crippen LogP contribution in [0, 0.1) is 6.92 Å². The first-order valence-electron chi connectivity index (χ1n) is 30.5. The van der Waals surface area contributed by atoms with Gasteiger partial charge in [-0.25, -0.2) is 0 Å². The lowest BCUT2D eigenvalue weighted by Crippen LogP contribution is -2.62. The van der Waals surface area contributed by atoms with Gasteiger partial charge in [0.1, 0.15) is 23.0 Å². The van der Waals surface area contributed by atoms with Gasteiger partial charge in [0.2, 0.25) is 0 Å². The standard InChI is InChI=1S/C81H50B2N2O2/c1-49-65(45-43-56-54-31-14-16-34-59(54)80(75(49)56,50-23-6-2-7-24-50)51-25-8-3-9-26-51)84-66-38-19-18-36-61(66)82-63-47-64-73(48-72(63)86-70-41-21-39-68(84)77(70)82)87-71-42-22-40-69-78(71)83(64)62-37-20-33-58-74-67(85(69)79(58)62)46-44-57-55-32-15-17-35-60(55)81(76(57)74,52-27-10-4-11-28-52)53-29-12-5-13-30-53/h2-48H,1H3. The Balaban J connectivity index is 0.792. The minimum atomic E-state index is -0.578. The smallest absolute Gasteiger partial charge is 0.256 e. The number of aromatic nitrogens is 1. The molecule has 20 rings (SSSR count). The minimum absolute atomic E-state index is 0.122. The maximum absolute atomic E-state index is 7.28. The molecule has 4 nitrogen and oxygen atoms in total. The van der Waals surface area contributed by atoms with Gasteiger partial charge in [-0.05, 0) is 154 Å². The Hall–Kier alpha value is -10.8. The maximum atomic E-state index is 7.28. The molecule has 6 aliphatic rings. The van der Waals surface area contributed by atoms with Crippen LogP contribution >= 0.6 is 0 Å². The molecule has 0 atom stereocenters. The third kappa shape index (κ3) is 5.86. The van der Waals surface area contributed by atoms with Crippen molar-refractivity contribution in [3.8, 4) is 50.9 Å². The van der Waals surface area contributed by atoms with Crippen molar-refractivity contribution in [2.45, 2.75) is 17.8 Å². The third-order valence-electron chi connectivity index (χ3n) is 20.6. The van der Waals surface area contributed by atoms with E-state index in [-0.39, 0.29) is 13.4 Å². The maximum Gasteiger partial charge on any atom is 0.256 e. The summed E-state index contributed by atoms with van der Waals surface area (Å²) in [7, 11) is 0. The molecule has 1 aromatic heterocycles. The van der Waals surface area contributed by atoms with Gasteiger partial charge in [-0.3, -0.25) is 0 Å². The predicted octanol–water partition coefficient (Wildman–Crippen LogP) is 15.2. The number of hydrogen-bond acceptors (Lipinski definition) is 3. The molecule has 0 saturated carbocycles. The van der Waals surface area contributed by atoms with E-state index >= 15 is 0 Å². The van der Waals surface area contributed by atoms with E-state index in [1.54, 1.807) is 0 Å². The van der Waals surface area contributed by atoms with Crippen LogP contribution in [0.1, 0.15) is 50.1 Å². The number of benzene rings is 13. The zero-order valence-electron chi connectivity index (χ0n) is 47.5. The van der Waals surface area contributed by atoms with Gasteiger partial charge >= 0.3 is 0 Å². The summed E-state index contributed by atoms with van der Waals surface area (Å²) in [6.07, 6.45) is 0. The molecule has 5 heterocycles. The molecule has 6 heteroatoms. The molecule has 0 N–H and O–H groups in total. The van der Waals surface area contributed by atoms with Crippen LogP contribution in [0.2, 0.25) is 0 Å². The van der Waals surface area contributed by atoms with Crippen LogP contribution in [0.5, 0.6) is 23.0 Å². The number of fused-ring (bicyclic) bond motifs is 18. The van der Waals surface area contributed by atoms with E-state index in [2.05, 4.69) is 302 Å². The van der Waals surface area contributed by atoms with E-state index in [9.17, 15) is 0 Å². The third-order valence-corrected chi connectivity index (χ3v) is 20.6. The van der Waals surface area contributed by atoms with Crippen LogP contribution in [0.4, 0.5) is 17.1 Å². The number of anilines is 3. The molecule has 0 amide bonds. The normalized spacial score (nSPS) is 14.8. The van der Waals surface area contributed by atoms with Crippen LogP contribution in [0.3, 0.4) is 0 Å². The molecule has 0 bridgehead atoms. The second-order valence-electron chi connectivity index (χ2n) is 24.4. The van der Waals surface area contributed by atoms with Gasteiger partial charge in [0.15, 0.2) is 0 Å². The molecular formula is C81H50B2N2O2. The van der Waals surface area contributed by atoms with Crippen LogP contribution in [0.25, 0.3) is 49.7 Å². The number of ether oxygens (including phenoxy) is 2. The zero-order valence-corrected chi connectivity index (χ0v) is 47.5. The van der Waals surface area contributed by atoms with E-state index in [0.29, 0.717) is 0 Å². The van der Waals surface area contributed by atoms with Crippen LogP contribution in [-0.4, -0.2) is 18.0 Å². The molecule has 0 unspecified atom stereocenters. The van der Waals surface area contributed by atoms with Crippen molar-refractivity contribution < 1.29 is 9.47 Å². The Morgan fingerprint density at radius 2 is 0.805 bits per heavy atom. The van der Waals surface area contributed by atoms with E-state index in [0.717, 1.165) is 56.7 Å². The lowest BCUT2D eigenvalue weighted by atomic mass is 9.31. The number of para-hydroxylation sites is 2. The monoisotopic (exact) mass is 1100 g/mol. The summed E-state index contributed by atoms with van der Waals surface area (Å²) >= 11 is 0. The van der Waals surface area contributed by atoms with Crippen molar-refractivity contribution in [1.82, 2.24) is 4.57 Å². The second kappa shape index (κ2) is 17.2. The Bertz CT molecular complexity index is 5250. The topological polar surface area (TPSA) is 26.6 Å². The first-order valence-corrected chi connectivity index (χ1v) is 30.5. The highest BCUT2D eigenvalue weighted by atomic mass is 16.5. The fourth-order valence-corrected chi connectivity index (χ4v) is 17.5. The van der Waals surface area contributed by atoms with Crippen LogP contribution in [-0.2, 0) is 10.8 Å². The highest BCUT2D eigenvalue weighted by Crippen LogP contribution is 2.61. The summed E-state index contributed by atoms with van der Waals surface area (Å²) in [5, 5.41) is 2.54. The van der Waals surface area contributed by atoms with Crippen molar-refractivity contribution in [2.24, 2.45) is 0 Å². The van der Waals surface area contributed by atoms with Gasteiger partial charge in [0, 0.05) is 45.1 Å². The van der Waals surface area contributed by atoms with E-state index in [1.165, 1.54) is 116 Å². The number of hydrogen-bond donors (Lipinski definition) is 0. The lowest BCUT2D eigenvalue weighted by molar-refractivity contribution is 0.465. The average Bonchev–Trinajstić information content (AvgIpc) is 1.60. The first kappa shape index (κ1) is 47.5. The Morgan fingerprint density at radius 1 is 0.333 bits per heavy atom. The lowest BCUT2D eigenvalue weighted by Gasteiger charge is -2.42.